The van der Waals surface area contributed by atoms with Gasteiger partial charge in [0.1, 0.15) is 12.0 Å². The molecule has 1 rings (SSSR count). The van der Waals surface area contributed by atoms with Gasteiger partial charge in [0.15, 0.2) is 0 Å². The largest absolute Gasteiger partial charge is 0.426 e. The van der Waals surface area contributed by atoms with Crippen LogP contribution < -0.4 is 4.74 Å². The standard InChI is InChI=1S/C8H8O3S/c1-6(10)11-7-4-8(2-3-9)12-5-7/h3-5H,2H2,1H3. The van der Waals surface area contributed by atoms with E-state index in [0.29, 0.717) is 12.2 Å². The molecule has 1 aromatic heterocycles. The van der Waals surface area contributed by atoms with Gasteiger partial charge in [-0.15, -0.1) is 11.3 Å². The molecule has 4 heteroatoms. The van der Waals surface area contributed by atoms with E-state index in [1.807, 2.05) is 0 Å². The van der Waals surface area contributed by atoms with Crippen LogP contribution >= 0.6 is 11.3 Å². The molecule has 0 fully saturated rings. The number of ether oxygens (including phenoxy) is 1. The normalized spacial score (nSPS) is 9.42. The maximum absolute atomic E-state index is 10.5. The van der Waals surface area contributed by atoms with Gasteiger partial charge < -0.3 is 9.53 Å². The maximum atomic E-state index is 10.5. The number of carbonyl (C=O) groups is 2. The summed E-state index contributed by atoms with van der Waals surface area (Å²) >= 11 is 1.41. The quantitative estimate of drug-likeness (QED) is 0.527. The molecule has 0 spiro atoms. The van der Waals surface area contributed by atoms with Crippen molar-refractivity contribution in [3.05, 3.63) is 16.3 Å². The van der Waals surface area contributed by atoms with Gasteiger partial charge in [-0.25, -0.2) is 0 Å². The van der Waals surface area contributed by atoms with E-state index >= 15 is 0 Å². The highest BCUT2D eigenvalue weighted by atomic mass is 32.1. The lowest BCUT2D eigenvalue weighted by Gasteiger charge is -1.93. The summed E-state index contributed by atoms with van der Waals surface area (Å²) < 4.78 is 4.80. The van der Waals surface area contributed by atoms with E-state index < -0.39 is 0 Å². The lowest BCUT2D eigenvalue weighted by molar-refractivity contribution is -0.131. The predicted molar refractivity (Wildman–Crippen MR) is 45.4 cm³/mol. The van der Waals surface area contributed by atoms with Gasteiger partial charge in [0.05, 0.1) is 0 Å². The van der Waals surface area contributed by atoms with Crippen LogP contribution in [0.2, 0.25) is 0 Å². The number of rotatable bonds is 3. The van der Waals surface area contributed by atoms with Crippen molar-refractivity contribution in [2.45, 2.75) is 13.3 Å². The first-order chi connectivity index (χ1) is 5.72. The second kappa shape index (κ2) is 4.01. The molecule has 1 heterocycles. The average molecular weight is 184 g/mol. The van der Waals surface area contributed by atoms with Crippen LogP contribution in [0.1, 0.15) is 11.8 Å². The molecule has 0 amide bonds. The molecule has 12 heavy (non-hydrogen) atoms. The van der Waals surface area contributed by atoms with Crippen molar-refractivity contribution in [3.63, 3.8) is 0 Å². The number of hydrogen-bond acceptors (Lipinski definition) is 4. The molecule has 0 aliphatic heterocycles. The van der Waals surface area contributed by atoms with Gasteiger partial charge in [0.25, 0.3) is 0 Å². The number of thiophene rings is 1. The van der Waals surface area contributed by atoms with Crippen LogP contribution in [0.25, 0.3) is 0 Å². The fraction of sp³-hybridized carbons (Fsp3) is 0.250. The van der Waals surface area contributed by atoms with Crippen molar-refractivity contribution in [1.82, 2.24) is 0 Å². The summed E-state index contributed by atoms with van der Waals surface area (Å²) in [5.41, 5.74) is 0. The van der Waals surface area contributed by atoms with Crippen molar-refractivity contribution >= 4 is 23.6 Å². The highest BCUT2D eigenvalue weighted by Crippen LogP contribution is 2.21. The smallest absolute Gasteiger partial charge is 0.308 e. The third-order valence-electron chi connectivity index (χ3n) is 1.18. The number of hydrogen-bond donors (Lipinski definition) is 0. The molecule has 0 aromatic carbocycles. The highest BCUT2D eigenvalue weighted by Gasteiger charge is 2.01. The zero-order chi connectivity index (χ0) is 8.97. The summed E-state index contributed by atoms with van der Waals surface area (Å²) in [5, 5.41) is 1.71. The molecule has 3 nitrogen and oxygen atoms in total. The lowest BCUT2D eigenvalue weighted by Crippen LogP contribution is -1.99. The molecule has 0 radical (unpaired) electrons. The molecular weight excluding hydrogens is 176 g/mol. The Kier molecular flexibility index (Phi) is 2.99. The Labute approximate surface area is 74.0 Å². The summed E-state index contributed by atoms with van der Waals surface area (Å²) in [6.07, 6.45) is 1.20. The Morgan fingerprint density at radius 1 is 1.75 bits per heavy atom. The van der Waals surface area contributed by atoms with Crippen molar-refractivity contribution < 1.29 is 14.3 Å². The predicted octanol–water partition coefficient (Wildman–Crippen LogP) is 1.41. The van der Waals surface area contributed by atoms with Crippen molar-refractivity contribution in [2.24, 2.45) is 0 Å². The number of esters is 1. The summed E-state index contributed by atoms with van der Waals surface area (Å²) in [6, 6.07) is 1.69. The van der Waals surface area contributed by atoms with E-state index in [4.69, 9.17) is 4.74 Å². The number of aldehydes is 1. The van der Waals surface area contributed by atoms with E-state index in [-0.39, 0.29) is 5.97 Å². The van der Waals surface area contributed by atoms with Crippen molar-refractivity contribution in [2.75, 3.05) is 0 Å². The molecule has 0 N–H and O–H groups in total. The van der Waals surface area contributed by atoms with Gasteiger partial charge in [-0.3, -0.25) is 4.79 Å². The van der Waals surface area contributed by atoms with Crippen LogP contribution in [0.4, 0.5) is 0 Å². The molecule has 0 saturated carbocycles. The van der Waals surface area contributed by atoms with E-state index in [2.05, 4.69) is 0 Å². The molecular formula is C8H8O3S. The fourth-order valence-corrected chi connectivity index (χ4v) is 1.50. The Hall–Kier alpha value is -1.16. The fourth-order valence-electron chi connectivity index (χ4n) is 0.769. The van der Waals surface area contributed by atoms with Gasteiger partial charge in [-0.2, -0.15) is 0 Å². The molecule has 0 aliphatic rings. The zero-order valence-electron chi connectivity index (χ0n) is 6.57. The van der Waals surface area contributed by atoms with Crippen LogP contribution in [0.5, 0.6) is 5.75 Å². The van der Waals surface area contributed by atoms with Crippen LogP contribution in [-0.2, 0) is 16.0 Å². The third-order valence-corrected chi connectivity index (χ3v) is 2.11. The molecule has 0 aliphatic carbocycles. The van der Waals surface area contributed by atoms with Crippen LogP contribution in [0, 0.1) is 0 Å². The Morgan fingerprint density at radius 3 is 3.08 bits per heavy atom. The Balaban J connectivity index is 2.63. The van der Waals surface area contributed by atoms with Crippen LogP contribution in [0.3, 0.4) is 0 Å². The first kappa shape index (κ1) is 8.93. The minimum atomic E-state index is -0.342. The Morgan fingerprint density at radius 2 is 2.50 bits per heavy atom. The minimum absolute atomic E-state index is 0.342. The molecule has 1 aromatic rings. The van der Waals surface area contributed by atoms with E-state index in [1.54, 1.807) is 11.4 Å². The van der Waals surface area contributed by atoms with Gasteiger partial charge >= 0.3 is 5.97 Å². The molecule has 0 atom stereocenters. The topological polar surface area (TPSA) is 43.4 Å². The van der Waals surface area contributed by atoms with Crippen molar-refractivity contribution in [3.8, 4) is 5.75 Å². The molecule has 64 valence electrons. The third kappa shape index (κ3) is 2.47. The van der Waals surface area contributed by atoms with E-state index in [0.717, 1.165) is 11.2 Å². The summed E-state index contributed by atoms with van der Waals surface area (Å²) in [7, 11) is 0. The lowest BCUT2D eigenvalue weighted by atomic mass is 10.4. The first-order valence-electron chi connectivity index (χ1n) is 3.42. The highest BCUT2D eigenvalue weighted by molar-refractivity contribution is 7.10. The second-order valence-corrected chi connectivity index (χ2v) is 3.21. The van der Waals surface area contributed by atoms with Gasteiger partial charge in [0.2, 0.25) is 0 Å². The molecule has 0 unspecified atom stereocenters. The van der Waals surface area contributed by atoms with Crippen molar-refractivity contribution in [1.29, 1.82) is 0 Å². The second-order valence-electron chi connectivity index (χ2n) is 2.21. The van der Waals surface area contributed by atoms with Crippen LogP contribution in [-0.4, -0.2) is 12.3 Å². The average Bonchev–Trinajstić information content (AvgIpc) is 2.36. The monoisotopic (exact) mass is 184 g/mol. The summed E-state index contributed by atoms with van der Waals surface area (Å²) in [4.78, 5) is 21.5. The molecule has 0 bridgehead atoms. The SMILES string of the molecule is CC(=O)Oc1csc(CC=O)c1. The zero-order valence-corrected chi connectivity index (χ0v) is 7.39. The van der Waals surface area contributed by atoms with Gasteiger partial charge in [-0.1, -0.05) is 0 Å². The Bertz CT molecular complexity index is 290. The number of carbonyl (C=O) groups excluding carboxylic acids is 2. The molecule has 0 saturated heterocycles. The van der Waals surface area contributed by atoms with E-state index in [1.165, 1.54) is 18.3 Å². The maximum Gasteiger partial charge on any atom is 0.308 e. The van der Waals surface area contributed by atoms with Crippen LogP contribution in [0.15, 0.2) is 11.4 Å². The first-order valence-corrected chi connectivity index (χ1v) is 4.30. The van der Waals surface area contributed by atoms with E-state index in [9.17, 15) is 9.59 Å². The van der Waals surface area contributed by atoms with Gasteiger partial charge in [-0.05, 0) is 6.07 Å². The summed E-state index contributed by atoms with van der Waals surface area (Å²) in [6.45, 7) is 1.34. The van der Waals surface area contributed by atoms with Gasteiger partial charge in [0, 0.05) is 23.6 Å². The minimum Gasteiger partial charge on any atom is -0.426 e. The summed E-state index contributed by atoms with van der Waals surface area (Å²) in [5.74, 6) is 0.176.